The van der Waals surface area contributed by atoms with E-state index in [1.54, 1.807) is 0 Å². The molecular weight excluding hydrogens is 186 g/mol. The minimum absolute atomic E-state index is 0.138. The van der Waals surface area contributed by atoms with Crippen LogP contribution < -0.4 is 5.73 Å². The van der Waals surface area contributed by atoms with Gasteiger partial charge in [-0.1, -0.05) is 57.0 Å². The monoisotopic (exact) mass is 205 g/mol. The predicted molar refractivity (Wildman–Crippen MR) is 62.4 cm³/mol. The fourth-order valence-electron chi connectivity index (χ4n) is 2.09. The lowest BCUT2D eigenvalue weighted by molar-refractivity contribution is -0.120. The molecule has 0 spiro atoms. The van der Waals surface area contributed by atoms with E-state index >= 15 is 0 Å². The van der Waals surface area contributed by atoms with Crippen molar-refractivity contribution in [3.8, 4) is 0 Å². The van der Waals surface area contributed by atoms with Gasteiger partial charge in [-0.25, -0.2) is 0 Å². The van der Waals surface area contributed by atoms with Crippen LogP contribution in [-0.2, 0) is 4.79 Å². The van der Waals surface area contributed by atoms with Crippen molar-refractivity contribution in [3.63, 3.8) is 0 Å². The molecule has 1 aromatic rings. The van der Waals surface area contributed by atoms with Crippen molar-refractivity contribution in [2.75, 3.05) is 0 Å². The van der Waals surface area contributed by atoms with Crippen LogP contribution in [0.1, 0.15) is 38.2 Å². The Bertz CT molecular complexity index is 304. The Morgan fingerprint density at radius 3 is 2.13 bits per heavy atom. The van der Waals surface area contributed by atoms with Crippen molar-refractivity contribution in [2.24, 2.45) is 11.7 Å². The molecule has 2 nitrogen and oxygen atoms in total. The van der Waals surface area contributed by atoms with Crippen LogP contribution >= 0.6 is 0 Å². The maximum absolute atomic E-state index is 11.5. The molecule has 1 aromatic carbocycles. The normalized spacial score (nSPS) is 12.7. The highest BCUT2D eigenvalue weighted by molar-refractivity contribution is 5.82. The Morgan fingerprint density at radius 1 is 1.20 bits per heavy atom. The zero-order valence-electron chi connectivity index (χ0n) is 9.44. The van der Waals surface area contributed by atoms with Gasteiger partial charge >= 0.3 is 0 Å². The lowest BCUT2D eigenvalue weighted by Gasteiger charge is -2.22. The summed E-state index contributed by atoms with van der Waals surface area (Å²) in [6.45, 7) is 4.21. The van der Waals surface area contributed by atoms with Gasteiger partial charge in [0, 0.05) is 0 Å². The maximum Gasteiger partial charge on any atom is 0.225 e. The molecule has 15 heavy (non-hydrogen) atoms. The molecule has 0 aliphatic carbocycles. The number of hydrogen-bond acceptors (Lipinski definition) is 1. The van der Waals surface area contributed by atoms with E-state index < -0.39 is 0 Å². The molecule has 1 atom stereocenters. The summed E-state index contributed by atoms with van der Waals surface area (Å²) in [5.74, 6) is 0.000926. The topological polar surface area (TPSA) is 43.1 Å². The summed E-state index contributed by atoms with van der Waals surface area (Å²) in [5.41, 5.74) is 6.52. The lowest BCUT2D eigenvalue weighted by Crippen LogP contribution is -2.27. The van der Waals surface area contributed by atoms with Crippen LogP contribution in [0.15, 0.2) is 30.3 Å². The first kappa shape index (κ1) is 11.8. The second-order valence-electron chi connectivity index (χ2n) is 3.87. The minimum atomic E-state index is -0.213. The van der Waals surface area contributed by atoms with Crippen molar-refractivity contribution in [1.29, 1.82) is 0 Å². The van der Waals surface area contributed by atoms with Gasteiger partial charge in [-0.15, -0.1) is 0 Å². The highest BCUT2D eigenvalue weighted by Gasteiger charge is 2.25. The highest BCUT2D eigenvalue weighted by atomic mass is 16.1. The Balaban J connectivity index is 2.97. The van der Waals surface area contributed by atoms with Gasteiger partial charge in [0.25, 0.3) is 0 Å². The fraction of sp³-hybridized carbons (Fsp3) is 0.462. The average Bonchev–Trinajstić information content (AvgIpc) is 2.26. The number of hydrogen-bond donors (Lipinski definition) is 1. The van der Waals surface area contributed by atoms with Gasteiger partial charge in [-0.05, 0) is 11.5 Å². The molecule has 0 bridgehead atoms. The van der Waals surface area contributed by atoms with E-state index in [1.165, 1.54) is 0 Å². The number of carbonyl (C=O) groups excluding carboxylic acids is 1. The molecule has 0 unspecified atom stereocenters. The Labute approximate surface area is 91.5 Å². The molecule has 0 saturated carbocycles. The van der Waals surface area contributed by atoms with E-state index in [2.05, 4.69) is 13.8 Å². The van der Waals surface area contributed by atoms with Crippen LogP contribution in [0, 0.1) is 5.92 Å². The first-order valence-electron chi connectivity index (χ1n) is 5.54. The minimum Gasteiger partial charge on any atom is -0.369 e. The van der Waals surface area contributed by atoms with Crippen molar-refractivity contribution in [3.05, 3.63) is 35.9 Å². The maximum atomic E-state index is 11.5. The number of primary amides is 1. The molecule has 0 aromatic heterocycles. The van der Waals surface area contributed by atoms with E-state index in [0.29, 0.717) is 5.92 Å². The van der Waals surface area contributed by atoms with Crippen LogP contribution in [0.3, 0.4) is 0 Å². The van der Waals surface area contributed by atoms with E-state index in [4.69, 9.17) is 5.73 Å². The summed E-state index contributed by atoms with van der Waals surface area (Å²) in [6, 6.07) is 9.82. The third-order valence-corrected chi connectivity index (χ3v) is 2.99. The zero-order chi connectivity index (χ0) is 11.3. The molecule has 0 heterocycles. The van der Waals surface area contributed by atoms with Crippen LogP contribution in [-0.4, -0.2) is 5.91 Å². The summed E-state index contributed by atoms with van der Waals surface area (Å²) in [6.07, 6.45) is 1.97. The van der Waals surface area contributed by atoms with Gasteiger partial charge in [0.2, 0.25) is 5.91 Å². The molecule has 2 heteroatoms. The molecule has 2 N–H and O–H groups in total. The standard InChI is InChI=1S/C13H19NO/c1-3-10(4-2)12(13(14)15)11-8-6-5-7-9-11/h5-10,12H,3-4H2,1-2H3,(H2,14,15)/t12-/m1/s1. The van der Waals surface area contributed by atoms with Crippen LogP contribution in [0.4, 0.5) is 0 Å². The Hall–Kier alpha value is -1.31. The largest absolute Gasteiger partial charge is 0.369 e. The second kappa shape index (κ2) is 5.54. The van der Waals surface area contributed by atoms with E-state index in [0.717, 1.165) is 18.4 Å². The summed E-state index contributed by atoms with van der Waals surface area (Å²) in [5, 5.41) is 0. The molecule has 0 aliphatic heterocycles. The predicted octanol–water partition coefficient (Wildman–Crippen LogP) is 2.69. The summed E-state index contributed by atoms with van der Waals surface area (Å²) in [7, 11) is 0. The Morgan fingerprint density at radius 2 is 1.73 bits per heavy atom. The molecule has 0 saturated heterocycles. The van der Waals surface area contributed by atoms with Crippen molar-refractivity contribution < 1.29 is 4.79 Å². The fourth-order valence-corrected chi connectivity index (χ4v) is 2.09. The average molecular weight is 205 g/mol. The zero-order valence-corrected chi connectivity index (χ0v) is 9.44. The Kier molecular flexibility index (Phi) is 4.35. The summed E-state index contributed by atoms with van der Waals surface area (Å²) >= 11 is 0. The van der Waals surface area contributed by atoms with Crippen molar-refractivity contribution in [2.45, 2.75) is 32.6 Å². The first-order valence-corrected chi connectivity index (χ1v) is 5.54. The highest BCUT2D eigenvalue weighted by Crippen LogP contribution is 2.29. The second-order valence-corrected chi connectivity index (χ2v) is 3.87. The van der Waals surface area contributed by atoms with E-state index in [9.17, 15) is 4.79 Å². The summed E-state index contributed by atoms with van der Waals surface area (Å²) in [4.78, 5) is 11.5. The SMILES string of the molecule is CCC(CC)[C@@H](C(N)=O)c1ccccc1. The van der Waals surface area contributed by atoms with Gasteiger partial charge in [0.1, 0.15) is 0 Å². The molecule has 1 rings (SSSR count). The third-order valence-electron chi connectivity index (χ3n) is 2.99. The number of amides is 1. The quantitative estimate of drug-likeness (QED) is 0.789. The lowest BCUT2D eigenvalue weighted by atomic mass is 9.82. The molecule has 0 aliphatic rings. The number of benzene rings is 1. The first-order chi connectivity index (χ1) is 7.20. The van der Waals surface area contributed by atoms with Gasteiger partial charge in [0.05, 0.1) is 5.92 Å². The summed E-state index contributed by atoms with van der Waals surface area (Å²) < 4.78 is 0. The van der Waals surface area contributed by atoms with Gasteiger partial charge < -0.3 is 5.73 Å². The molecular formula is C13H19NO. The molecule has 0 fully saturated rings. The number of carbonyl (C=O) groups is 1. The molecule has 0 radical (unpaired) electrons. The van der Waals surface area contributed by atoms with Crippen molar-refractivity contribution in [1.82, 2.24) is 0 Å². The van der Waals surface area contributed by atoms with E-state index in [1.807, 2.05) is 30.3 Å². The van der Waals surface area contributed by atoms with Crippen LogP contribution in [0.2, 0.25) is 0 Å². The number of rotatable bonds is 5. The van der Waals surface area contributed by atoms with Gasteiger partial charge in [-0.3, -0.25) is 4.79 Å². The van der Waals surface area contributed by atoms with E-state index in [-0.39, 0.29) is 11.8 Å². The van der Waals surface area contributed by atoms with Gasteiger partial charge in [-0.2, -0.15) is 0 Å². The number of nitrogens with two attached hydrogens (primary N) is 1. The van der Waals surface area contributed by atoms with Crippen LogP contribution in [0.25, 0.3) is 0 Å². The van der Waals surface area contributed by atoms with Crippen molar-refractivity contribution >= 4 is 5.91 Å². The van der Waals surface area contributed by atoms with Crippen LogP contribution in [0.5, 0.6) is 0 Å². The third kappa shape index (κ3) is 2.82. The van der Waals surface area contributed by atoms with Gasteiger partial charge in [0.15, 0.2) is 0 Å². The molecule has 1 amide bonds. The molecule has 82 valence electrons. The smallest absolute Gasteiger partial charge is 0.225 e.